The van der Waals surface area contributed by atoms with E-state index in [2.05, 4.69) is 15.3 Å². The third kappa shape index (κ3) is 9.19. The number of pyridine rings is 1. The number of halogens is 2. The Morgan fingerprint density at radius 1 is 0.887 bits per heavy atom. The molecule has 2 aromatic heterocycles. The zero-order valence-electron chi connectivity index (χ0n) is 34.2. The number of benzene rings is 4. The highest BCUT2D eigenvalue weighted by molar-refractivity contribution is 6.42. The number of fused-ring (bicyclic) bond motifs is 2. The van der Waals surface area contributed by atoms with Crippen molar-refractivity contribution in [3.05, 3.63) is 158 Å². The number of oxazole rings is 1. The second-order valence-corrected chi connectivity index (χ2v) is 16.1. The van der Waals surface area contributed by atoms with E-state index in [9.17, 15) is 19.5 Å². The third-order valence-corrected chi connectivity index (χ3v) is 11.7. The van der Waals surface area contributed by atoms with Crippen molar-refractivity contribution in [2.24, 2.45) is 0 Å². The summed E-state index contributed by atoms with van der Waals surface area (Å²) in [5.41, 5.74) is 5.74. The number of hydrogen-bond donors (Lipinski definition) is 2. The van der Waals surface area contributed by atoms with Crippen LogP contribution in [0.1, 0.15) is 67.3 Å². The number of hydrogen-bond acceptors (Lipinski definition) is 10. The molecule has 6 aromatic rings. The minimum Gasteiger partial charge on any atom is -0.489 e. The number of carbonyl (C=O) groups excluding carboxylic acids is 2. The lowest BCUT2D eigenvalue weighted by Crippen LogP contribution is -2.56. The van der Waals surface area contributed by atoms with Crippen molar-refractivity contribution in [2.45, 2.75) is 71.9 Å². The minimum atomic E-state index is -1.30. The molecule has 15 heteroatoms. The van der Waals surface area contributed by atoms with Gasteiger partial charge in [-0.05, 0) is 103 Å². The molecule has 2 N–H and O–H groups in total. The van der Waals surface area contributed by atoms with Crippen LogP contribution in [0.5, 0.6) is 28.7 Å². The Labute approximate surface area is 367 Å². The van der Waals surface area contributed by atoms with Crippen LogP contribution in [0.3, 0.4) is 0 Å². The van der Waals surface area contributed by atoms with E-state index < -0.39 is 36.0 Å². The van der Waals surface area contributed by atoms with Crippen LogP contribution in [0.4, 0.5) is 0 Å². The molecule has 2 amide bonds. The van der Waals surface area contributed by atoms with Crippen LogP contribution >= 0.6 is 23.2 Å². The SMILES string of the molecule is Cc1nc(C(=O)N2Cc3cc4c(cc3C[C@H]2C(=O)NC(Cc2ccc(Oc3ccnc(C)c3C)cc2)C(=O)O)OC[C@H](c2ccc(OCc3ccc(Cl)c(Cl)c3)cc2)O4)c(C)o1. The Hall–Kier alpha value is -6.57. The molecule has 4 heterocycles. The van der Waals surface area contributed by atoms with Crippen LogP contribution in [0.25, 0.3) is 0 Å². The summed E-state index contributed by atoms with van der Waals surface area (Å²) in [6.45, 7) is 7.64. The normalized spacial score (nSPS) is 15.9. The van der Waals surface area contributed by atoms with Crippen molar-refractivity contribution in [3.8, 4) is 28.7 Å². The van der Waals surface area contributed by atoms with Crippen LogP contribution in [-0.2, 0) is 35.6 Å². The second kappa shape index (κ2) is 17.8. The van der Waals surface area contributed by atoms with E-state index in [1.165, 1.54) is 4.90 Å². The Morgan fingerprint density at radius 2 is 1.61 bits per heavy atom. The molecule has 2 aliphatic heterocycles. The van der Waals surface area contributed by atoms with E-state index in [4.69, 9.17) is 46.6 Å². The minimum absolute atomic E-state index is 0.0120. The Kier molecular flexibility index (Phi) is 12.1. The van der Waals surface area contributed by atoms with Gasteiger partial charge < -0.3 is 38.7 Å². The van der Waals surface area contributed by atoms with Crippen molar-refractivity contribution < 1.29 is 42.9 Å². The smallest absolute Gasteiger partial charge is 0.326 e. The lowest BCUT2D eigenvalue weighted by atomic mass is 9.91. The highest BCUT2D eigenvalue weighted by atomic mass is 35.5. The molecule has 1 unspecified atom stereocenters. The van der Waals surface area contributed by atoms with Crippen molar-refractivity contribution in [1.29, 1.82) is 0 Å². The van der Waals surface area contributed by atoms with Crippen LogP contribution < -0.4 is 24.3 Å². The Balaban J connectivity index is 0.978. The summed E-state index contributed by atoms with van der Waals surface area (Å²) in [5.74, 6) is 1.10. The standard InChI is InChI=1S/C47H42Cl2N4O9/c1-25-26(2)50-16-15-40(25)61-35-10-5-29(6-11-35)18-38(47(56)57)52-45(54)39-19-32-20-41-42(21-33(32)22-53(39)46(55)44-27(3)60-28(4)51-44)62-43(24-59-41)31-8-12-34(13-9-31)58-23-30-7-14-36(48)37(49)17-30/h5-17,20-21,38-39,43H,18-19,22-24H2,1-4H3,(H,52,54)(H,56,57)/t38?,39-,43+/m0/s1. The van der Waals surface area contributed by atoms with E-state index in [1.807, 2.05) is 56.3 Å². The second-order valence-electron chi connectivity index (χ2n) is 15.3. The maximum atomic E-state index is 14.2. The maximum absolute atomic E-state index is 14.2. The van der Waals surface area contributed by atoms with Crippen LogP contribution in [0.2, 0.25) is 10.0 Å². The molecule has 0 radical (unpaired) electrons. The van der Waals surface area contributed by atoms with Crippen LogP contribution in [0.15, 0.2) is 95.5 Å². The average Bonchev–Trinajstić information content (AvgIpc) is 3.61. The zero-order chi connectivity index (χ0) is 43.7. The summed E-state index contributed by atoms with van der Waals surface area (Å²) in [5, 5.41) is 13.9. The van der Waals surface area contributed by atoms with Crippen LogP contribution in [0, 0.1) is 27.7 Å². The van der Waals surface area contributed by atoms with Gasteiger partial charge in [0.2, 0.25) is 5.91 Å². The van der Waals surface area contributed by atoms with Gasteiger partial charge in [0.1, 0.15) is 48.3 Å². The lowest BCUT2D eigenvalue weighted by molar-refractivity contribution is -0.142. The van der Waals surface area contributed by atoms with Gasteiger partial charge >= 0.3 is 5.97 Å². The van der Waals surface area contributed by atoms with Gasteiger partial charge in [0.25, 0.3) is 5.91 Å². The number of nitrogens with one attached hydrogen (secondary N) is 1. The number of ether oxygens (including phenoxy) is 4. The number of carboxylic acid groups (broad SMARTS) is 1. The molecule has 4 aromatic carbocycles. The predicted molar refractivity (Wildman–Crippen MR) is 229 cm³/mol. The van der Waals surface area contributed by atoms with Gasteiger partial charge in [0.15, 0.2) is 29.2 Å². The quantitative estimate of drug-likeness (QED) is 0.121. The zero-order valence-corrected chi connectivity index (χ0v) is 35.8. The largest absolute Gasteiger partial charge is 0.489 e. The topological polar surface area (TPSA) is 163 Å². The average molecular weight is 878 g/mol. The van der Waals surface area contributed by atoms with E-state index >= 15 is 0 Å². The molecule has 0 spiro atoms. The molecular formula is C47H42Cl2N4O9. The summed E-state index contributed by atoms with van der Waals surface area (Å²) in [6, 6.07) is 22.9. The molecule has 0 bridgehead atoms. The summed E-state index contributed by atoms with van der Waals surface area (Å²) in [6.07, 6.45) is 1.31. The van der Waals surface area contributed by atoms with Gasteiger partial charge in [-0.1, -0.05) is 53.5 Å². The van der Waals surface area contributed by atoms with Crippen molar-refractivity contribution in [2.75, 3.05) is 6.61 Å². The van der Waals surface area contributed by atoms with Gasteiger partial charge in [-0.2, -0.15) is 0 Å². The highest BCUT2D eigenvalue weighted by Crippen LogP contribution is 2.41. The molecule has 318 valence electrons. The number of aliphatic carboxylic acids is 1. The number of nitrogens with zero attached hydrogens (tertiary/aromatic N) is 3. The van der Waals surface area contributed by atoms with Crippen molar-refractivity contribution in [1.82, 2.24) is 20.2 Å². The fourth-order valence-corrected chi connectivity index (χ4v) is 7.77. The number of aryl methyl sites for hydroxylation is 3. The van der Waals surface area contributed by atoms with Gasteiger partial charge in [-0.15, -0.1) is 0 Å². The molecule has 62 heavy (non-hydrogen) atoms. The summed E-state index contributed by atoms with van der Waals surface area (Å²) >= 11 is 12.2. The molecule has 2 aliphatic rings. The first-order valence-corrected chi connectivity index (χ1v) is 20.6. The first-order valence-electron chi connectivity index (χ1n) is 19.9. The molecular weight excluding hydrogens is 835 g/mol. The third-order valence-electron chi connectivity index (χ3n) is 11.0. The lowest BCUT2D eigenvalue weighted by Gasteiger charge is -2.37. The number of rotatable bonds is 12. The van der Waals surface area contributed by atoms with Gasteiger partial charge in [0, 0.05) is 43.8 Å². The number of amides is 2. The first kappa shape index (κ1) is 42.1. The first-order chi connectivity index (χ1) is 29.8. The highest BCUT2D eigenvalue weighted by Gasteiger charge is 2.39. The molecule has 0 saturated heterocycles. The van der Waals surface area contributed by atoms with E-state index in [0.29, 0.717) is 62.6 Å². The van der Waals surface area contributed by atoms with Crippen LogP contribution in [-0.4, -0.2) is 56.4 Å². The van der Waals surface area contributed by atoms with Gasteiger partial charge in [0.05, 0.1) is 10.0 Å². The summed E-state index contributed by atoms with van der Waals surface area (Å²) in [7, 11) is 0. The maximum Gasteiger partial charge on any atom is 0.326 e. The Morgan fingerprint density at radius 3 is 2.32 bits per heavy atom. The van der Waals surface area contributed by atoms with Gasteiger partial charge in [-0.3, -0.25) is 14.6 Å². The molecule has 13 nitrogen and oxygen atoms in total. The van der Waals surface area contributed by atoms with Crippen molar-refractivity contribution in [3.63, 3.8) is 0 Å². The summed E-state index contributed by atoms with van der Waals surface area (Å²) in [4.78, 5) is 51.0. The molecule has 0 fully saturated rings. The monoisotopic (exact) mass is 876 g/mol. The summed E-state index contributed by atoms with van der Waals surface area (Å²) < 4.78 is 30.2. The number of aromatic nitrogens is 2. The fraction of sp³-hybridized carbons (Fsp3) is 0.255. The number of carbonyl (C=O) groups is 3. The Bertz CT molecular complexity index is 2670. The molecule has 0 saturated carbocycles. The van der Waals surface area contributed by atoms with E-state index in [1.54, 1.807) is 62.5 Å². The van der Waals surface area contributed by atoms with E-state index in [-0.39, 0.29) is 31.7 Å². The molecule has 0 aliphatic carbocycles. The molecule has 3 atom stereocenters. The number of carboxylic acids is 1. The fourth-order valence-electron chi connectivity index (χ4n) is 7.45. The predicted octanol–water partition coefficient (Wildman–Crippen LogP) is 8.87. The van der Waals surface area contributed by atoms with Crippen molar-refractivity contribution >= 4 is 41.0 Å². The van der Waals surface area contributed by atoms with E-state index in [0.717, 1.165) is 33.5 Å². The molecule has 8 rings (SSSR count). The van der Waals surface area contributed by atoms with Gasteiger partial charge in [-0.25, -0.2) is 9.78 Å².